The summed E-state index contributed by atoms with van der Waals surface area (Å²) in [6.07, 6.45) is 1.31. The van der Waals surface area contributed by atoms with Crippen molar-refractivity contribution >= 4 is 11.6 Å². The lowest BCUT2D eigenvalue weighted by atomic mass is 10.3. The Labute approximate surface area is 72.8 Å². The van der Waals surface area contributed by atoms with Crippen LogP contribution in [0, 0.1) is 11.8 Å². The minimum absolute atomic E-state index is 0.398. The fraction of sp³-hybridized carbons (Fsp3) is 0.750. The van der Waals surface area contributed by atoms with E-state index in [1.54, 1.807) is 14.2 Å². The maximum absolute atomic E-state index is 5.45. The van der Waals surface area contributed by atoms with E-state index in [-0.39, 0.29) is 0 Å². The number of alkyl halides is 1. The maximum Gasteiger partial charge on any atom is 0.221 e. The van der Waals surface area contributed by atoms with Gasteiger partial charge >= 0.3 is 0 Å². The molecular weight excluding hydrogens is 164 g/mol. The van der Waals surface area contributed by atoms with Gasteiger partial charge in [0.2, 0.25) is 6.29 Å². The Hall–Kier alpha value is -0.230. The van der Waals surface area contributed by atoms with E-state index in [1.165, 1.54) is 0 Å². The van der Waals surface area contributed by atoms with Crippen LogP contribution in [0.2, 0.25) is 0 Å². The molecule has 0 bridgehead atoms. The van der Waals surface area contributed by atoms with E-state index in [0.29, 0.717) is 5.88 Å². The molecule has 0 aromatic carbocycles. The summed E-state index contributed by atoms with van der Waals surface area (Å²) in [5, 5.41) is 0. The summed E-state index contributed by atoms with van der Waals surface area (Å²) in [5.41, 5.74) is 0. The van der Waals surface area contributed by atoms with Crippen LogP contribution in [-0.4, -0.2) is 26.4 Å². The molecule has 0 saturated heterocycles. The van der Waals surface area contributed by atoms with E-state index < -0.39 is 6.29 Å². The molecule has 0 aliphatic rings. The Kier molecular flexibility index (Phi) is 7.71. The third kappa shape index (κ3) is 6.18. The van der Waals surface area contributed by atoms with Crippen molar-refractivity contribution in [1.29, 1.82) is 0 Å². The van der Waals surface area contributed by atoms with Crippen molar-refractivity contribution in [2.75, 3.05) is 20.1 Å². The zero-order chi connectivity index (χ0) is 8.53. The molecule has 0 N–H and O–H groups in total. The summed E-state index contributed by atoms with van der Waals surface area (Å²) in [4.78, 5) is 0. The van der Waals surface area contributed by atoms with Gasteiger partial charge in [-0.15, -0.1) is 11.6 Å². The normalized spacial score (nSPS) is 9.45. The molecule has 0 saturated carbocycles. The second-order valence-electron chi connectivity index (χ2n) is 1.92. The van der Waals surface area contributed by atoms with Gasteiger partial charge in [-0.2, -0.15) is 0 Å². The van der Waals surface area contributed by atoms with Crippen molar-refractivity contribution in [3.05, 3.63) is 0 Å². The lowest BCUT2D eigenvalue weighted by Crippen LogP contribution is -2.09. The van der Waals surface area contributed by atoms with E-state index >= 15 is 0 Å². The van der Waals surface area contributed by atoms with Crippen LogP contribution in [-0.2, 0) is 9.47 Å². The molecule has 0 aliphatic carbocycles. The van der Waals surface area contributed by atoms with Crippen molar-refractivity contribution in [2.45, 2.75) is 19.1 Å². The molecule has 0 atom stereocenters. The third-order valence-corrected chi connectivity index (χ3v) is 1.35. The molecule has 0 heterocycles. The molecule has 0 amide bonds. The van der Waals surface area contributed by atoms with Crippen molar-refractivity contribution in [2.24, 2.45) is 0 Å². The first kappa shape index (κ1) is 10.8. The summed E-state index contributed by atoms with van der Waals surface area (Å²) in [6, 6.07) is 0. The molecule has 0 unspecified atom stereocenters. The average molecular weight is 177 g/mol. The van der Waals surface area contributed by atoms with Gasteiger partial charge in [0.1, 0.15) is 0 Å². The average Bonchev–Trinajstić information content (AvgIpc) is 2.05. The van der Waals surface area contributed by atoms with Crippen molar-refractivity contribution < 1.29 is 9.47 Å². The molecule has 0 aromatic rings. The number of unbranched alkanes of at least 4 members (excludes halogenated alkanes) is 1. The van der Waals surface area contributed by atoms with Crippen LogP contribution < -0.4 is 0 Å². The molecule has 3 heteroatoms. The summed E-state index contributed by atoms with van der Waals surface area (Å²) in [7, 11) is 3.12. The highest BCUT2D eigenvalue weighted by atomic mass is 35.5. The van der Waals surface area contributed by atoms with Gasteiger partial charge in [0, 0.05) is 26.5 Å². The Bertz CT molecular complexity index is 133. The Morgan fingerprint density at radius 2 is 2.00 bits per heavy atom. The highest BCUT2D eigenvalue weighted by Crippen LogP contribution is 1.91. The first-order valence-corrected chi connectivity index (χ1v) is 3.98. The number of hydrogen-bond donors (Lipinski definition) is 0. The zero-order valence-electron chi connectivity index (χ0n) is 6.89. The van der Waals surface area contributed by atoms with Gasteiger partial charge in [-0.25, -0.2) is 0 Å². The Morgan fingerprint density at radius 1 is 1.36 bits per heavy atom. The third-order valence-electron chi connectivity index (χ3n) is 1.08. The molecule has 64 valence electrons. The Balaban J connectivity index is 3.47. The van der Waals surface area contributed by atoms with Crippen molar-refractivity contribution in [3.63, 3.8) is 0 Å². The van der Waals surface area contributed by atoms with Crippen LogP contribution in [0.25, 0.3) is 0 Å². The molecule has 2 nitrogen and oxygen atoms in total. The molecule has 0 radical (unpaired) electrons. The standard InChI is InChI=1S/C8H13ClO2/c1-10-8(11-2)6-4-3-5-7-9/h8H,3,5,7H2,1-2H3. The molecule has 0 rings (SSSR count). The van der Waals surface area contributed by atoms with E-state index in [1.807, 2.05) is 0 Å². The second-order valence-corrected chi connectivity index (χ2v) is 2.29. The maximum atomic E-state index is 5.45. The zero-order valence-corrected chi connectivity index (χ0v) is 7.65. The summed E-state index contributed by atoms with van der Waals surface area (Å²) in [5.74, 6) is 6.36. The van der Waals surface area contributed by atoms with E-state index in [9.17, 15) is 0 Å². The van der Waals surface area contributed by atoms with Crippen LogP contribution in [0.4, 0.5) is 0 Å². The molecule has 0 spiro atoms. The van der Waals surface area contributed by atoms with Crippen molar-refractivity contribution in [1.82, 2.24) is 0 Å². The number of methoxy groups -OCH3 is 2. The van der Waals surface area contributed by atoms with Gasteiger partial charge < -0.3 is 9.47 Å². The van der Waals surface area contributed by atoms with E-state index in [4.69, 9.17) is 21.1 Å². The minimum Gasteiger partial charge on any atom is -0.345 e. The number of hydrogen-bond acceptors (Lipinski definition) is 2. The quantitative estimate of drug-likeness (QED) is 0.281. The monoisotopic (exact) mass is 176 g/mol. The highest BCUT2D eigenvalue weighted by molar-refractivity contribution is 6.17. The lowest BCUT2D eigenvalue weighted by Gasteiger charge is -2.03. The van der Waals surface area contributed by atoms with Gasteiger partial charge in [-0.1, -0.05) is 5.92 Å². The molecule has 0 fully saturated rings. The largest absolute Gasteiger partial charge is 0.345 e. The fourth-order valence-corrected chi connectivity index (χ4v) is 0.658. The predicted molar refractivity (Wildman–Crippen MR) is 45.5 cm³/mol. The van der Waals surface area contributed by atoms with Gasteiger partial charge in [-0.05, 0) is 12.3 Å². The molecular formula is C8H13ClO2. The van der Waals surface area contributed by atoms with Gasteiger partial charge in [0.15, 0.2) is 0 Å². The topological polar surface area (TPSA) is 18.5 Å². The molecule has 0 aliphatic heterocycles. The van der Waals surface area contributed by atoms with Crippen LogP contribution in [0.3, 0.4) is 0 Å². The number of ether oxygens (including phenoxy) is 2. The summed E-state index contributed by atoms with van der Waals surface area (Å²) in [6.45, 7) is 0. The number of rotatable bonds is 4. The van der Waals surface area contributed by atoms with Gasteiger partial charge in [0.05, 0.1) is 0 Å². The first-order valence-electron chi connectivity index (χ1n) is 3.45. The van der Waals surface area contributed by atoms with E-state index in [2.05, 4.69) is 11.8 Å². The number of halogens is 1. The SMILES string of the molecule is COC(C#CCCCCl)OC. The highest BCUT2D eigenvalue weighted by Gasteiger charge is 1.95. The summed E-state index contributed by atoms with van der Waals surface area (Å²) >= 11 is 5.45. The first-order chi connectivity index (χ1) is 5.35. The van der Waals surface area contributed by atoms with E-state index in [0.717, 1.165) is 12.8 Å². The van der Waals surface area contributed by atoms with Gasteiger partial charge in [0.25, 0.3) is 0 Å². The predicted octanol–water partition coefficient (Wildman–Crippen LogP) is 1.63. The van der Waals surface area contributed by atoms with Crippen LogP contribution in [0.1, 0.15) is 12.8 Å². The van der Waals surface area contributed by atoms with Crippen LogP contribution >= 0.6 is 11.6 Å². The molecule has 0 aromatic heterocycles. The van der Waals surface area contributed by atoms with Crippen LogP contribution in [0.5, 0.6) is 0 Å². The lowest BCUT2D eigenvalue weighted by molar-refractivity contribution is -0.0595. The summed E-state index contributed by atoms with van der Waals surface area (Å²) < 4.78 is 9.70. The smallest absolute Gasteiger partial charge is 0.221 e. The minimum atomic E-state index is -0.398. The van der Waals surface area contributed by atoms with Crippen molar-refractivity contribution in [3.8, 4) is 11.8 Å². The van der Waals surface area contributed by atoms with Crippen LogP contribution in [0.15, 0.2) is 0 Å². The van der Waals surface area contributed by atoms with Gasteiger partial charge in [-0.3, -0.25) is 0 Å². The molecule has 11 heavy (non-hydrogen) atoms. The fourth-order valence-electron chi connectivity index (χ4n) is 0.525. The second kappa shape index (κ2) is 7.87. The Morgan fingerprint density at radius 3 is 2.45 bits per heavy atom.